The second kappa shape index (κ2) is 7.87. The van der Waals surface area contributed by atoms with E-state index in [1.54, 1.807) is 6.92 Å². The van der Waals surface area contributed by atoms with Gasteiger partial charge in [-0.2, -0.15) is 0 Å². The monoisotopic (exact) mass is 323 g/mol. The van der Waals surface area contributed by atoms with Crippen molar-refractivity contribution in [2.24, 2.45) is 5.92 Å². The number of benzene rings is 1. The first-order valence-corrected chi connectivity index (χ1v) is 8.56. The fourth-order valence-corrected chi connectivity index (χ4v) is 3.12. The number of hydrogen-bond acceptors (Lipinski definition) is 2. The average molecular weight is 324 g/mol. The summed E-state index contributed by atoms with van der Waals surface area (Å²) in [6.45, 7) is 6.44. The van der Waals surface area contributed by atoms with Crippen molar-refractivity contribution in [1.29, 1.82) is 0 Å². The van der Waals surface area contributed by atoms with Crippen LogP contribution in [0.25, 0.3) is 0 Å². The van der Waals surface area contributed by atoms with Crippen molar-refractivity contribution in [2.75, 3.05) is 6.54 Å². The maximum absolute atomic E-state index is 12.2. The highest BCUT2D eigenvalue weighted by Gasteiger charge is 2.18. The third-order valence-electron chi connectivity index (χ3n) is 4.38. The molecule has 1 saturated carbocycles. The average Bonchev–Trinajstić information content (AvgIpc) is 2.51. The zero-order valence-electron chi connectivity index (χ0n) is 13.7. The lowest BCUT2D eigenvalue weighted by Crippen LogP contribution is -2.39. The molecule has 3 nitrogen and oxygen atoms in total. The topological polar surface area (TPSA) is 38.3 Å². The fraction of sp³-hybridized carbons (Fsp3) is 0.611. The van der Waals surface area contributed by atoms with E-state index in [9.17, 15) is 4.79 Å². The molecule has 0 aromatic heterocycles. The summed E-state index contributed by atoms with van der Waals surface area (Å²) in [4.78, 5) is 12.2. The zero-order valence-corrected chi connectivity index (χ0v) is 14.5. The number of nitrogens with one attached hydrogen (secondary N) is 1. The van der Waals surface area contributed by atoms with Gasteiger partial charge in [0.1, 0.15) is 5.75 Å². The van der Waals surface area contributed by atoms with Gasteiger partial charge in [0.25, 0.3) is 5.91 Å². The third-order valence-corrected chi connectivity index (χ3v) is 4.98. The Kier molecular flexibility index (Phi) is 6.13. The molecule has 0 radical (unpaired) electrons. The molecule has 1 aliphatic carbocycles. The minimum absolute atomic E-state index is 0.0455. The predicted molar refractivity (Wildman–Crippen MR) is 90.6 cm³/mol. The minimum Gasteiger partial charge on any atom is -0.481 e. The number of halogens is 1. The quantitative estimate of drug-likeness (QED) is 0.871. The van der Waals surface area contributed by atoms with Crippen LogP contribution in [0.3, 0.4) is 0 Å². The van der Waals surface area contributed by atoms with Crippen LogP contribution in [0.1, 0.15) is 50.2 Å². The maximum atomic E-state index is 12.2. The summed E-state index contributed by atoms with van der Waals surface area (Å²) in [6, 6.07) is 3.75. The highest BCUT2D eigenvalue weighted by Crippen LogP contribution is 2.26. The first-order chi connectivity index (χ1) is 10.5. The first-order valence-electron chi connectivity index (χ1n) is 8.18. The van der Waals surface area contributed by atoms with Crippen LogP contribution in [0, 0.1) is 19.8 Å². The smallest absolute Gasteiger partial charge is 0.260 e. The normalized spacial score (nSPS) is 17.1. The molecule has 0 saturated heterocycles. The lowest BCUT2D eigenvalue weighted by atomic mass is 9.89. The van der Waals surface area contributed by atoms with Crippen LogP contribution in [0.4, 0.5) is 0 Å². The molecule has 1 aliphatic rings. The number of carbonyl (C=O) groups is 1. The summed E-state index contributed by atoms with van der Waals surface area (Å²) in [5.41, 5.74) is 1.93. The fourth-order valence-electron chi connectivity index (χ4n) is 3.01. The summed E-state index contributed by atoms with van der Waals surface area (Å²) < 4.78 is 5.76. The molecule has 2 rings (SSSR count). The van der Waals surface area contributed by atoms with Gasteiger partial charge in [-0.15, -0.1) is 0 Å². The molecule has 0 spiro atoms. The number of amides is 1. The molecule has 22 heavy (non-hydrogen) atoms. The molecule has 1 aromatic carbocycles. The Bertz CT molecular complexity index is 501. The van der Waals surface area contributed by atoms with Crippen molar-refractivity contribution in [3.05, 3.63) is 28.3 Å². The Hall–Kier alpha value is -1.22. The predicted octanol–water partition coefficient (Wildman–Crippen LogP) is 4.42. The molecule has 0 aliphatic heterocycles. The Morgan fingerprint density at radius 1 is 1.27 bits per heavy atom. The Morgan fingerprint density at radius 2 is 1.86 bits per heavy atom. The number of ether oxygens (including phenoxy) is 1. The van der Waals surface area contributed by atoms with Crippen LogP contribution in [-0.2, 0) is 4.79 Å². The summed E-state index contributed by atoms with van der Waals surface area (Å²) >= 11 is 6.15. The van der Waals surface area contributed by atoms with Crippen molar-refractivity contribution in [2.45, 2.75) is 59.0 Å². The van der Waals surface area contributed by atoms with Gasteiger partial charge >= 0.3 is 0 Å². The molecule has 1 amide bonds. The van der Waals surface area contributed by atoms with Gasteiger partial charge in [0.05, 0.1) is 0 Å². The Balaban J connectivity index is 1.85. The van der Waals surface area contributed by atoms with Crippen LogP contribution in [0.2, 0.25) is 5.02 Å². The Labute approximate surface area is 138 Å². The molecule has 4 heteroatoms. The maximum Gasteiger partial charge on any atom is 0.260 e. The highest BCUT2D eigenvalue weighted by atomic mass is 35.5. The number of rotatable bonds is 5. The van der Waals surface area contributed by atoms with Gasteiger partial charge in [-0.25, -0.2) is 0 Å². The molecule has 0 heterocycles. The van der Waals surface area contributed by atoms with E-state index in [2.05, 4.69) is 5.32 Å². The molecular weight excluding hydrogens is 298 g/mol. The standard InChI is InChI=1S/C18H26ClNO2/c1-12-9-16(10-13(2)17(12)19)22-14(3)18(21)20-11-15-7-5-4-6-8-15/h9-10,14-15H,4-8,11H2,1-3H3,(H,20,21)/t14-/m0/s1. The van der Waals surface area contributed by atoms with E-state index in [1.165, 1.54) is 32.1 Å². The van der Waals surface area contributed by atoms with E-state index in [4.69, 9.17) is 16.3 Å². The van der Waals surface area contributed by atoms with Crippen LogP contribution in [-0.4, -0.2) is 18.6 Å². The molecule has 0 bridgehead atoms. The van der Waals surface area contributed by atoms with Gasteiger partial charge in [0.15, 0.2) is 6.10 Å². The van der Waals surface area contributed by atoms with Crippen LogP contribution in [0.15, 0.2) is 12.1 Å². The highest BCUT2D eigenvalue weighted by molar-refractivity contribution is 6.32. The van der Waals surface area contributed by atoms with Gasteiger partial charge in [-0.05, 0) is 62.8 Å². The van der Waals surface area contributed by atoms with Crippen molar-refractivity contribution in [3.8, 4) is 5.75 Å². The van der Waals surface area contributed by atoms with Gasteiger partial charge in [0.2, 0.25) is 0 Å². The number of aryl methyl sites for hydroxylation is 2. The molecular formula is C18H26ClNO2. The van der Waals surface area contributed by atoms with E-state index in [1.807, 2.05) is 26.0 Å². The van der Waals surface area contributed by atoms with Gasteiger partial charge in [0, 0.05) is 11.6 Å². The second-order valence-electron chi connectivity index (χ2n) is 6.38. The van der Waals surface area contributed by atoms with E-state index >= 15 is 0 Å². The van der Waals surface area contributed by atoms with Crippen LogP contribution < -0.4 is 10.1 Å². The lowest BCUT2D eigenvalue weighted by Gasteiger charge is -2.23. The van der Waals surface area contributed by atoms with E-state index in [0.29, 0.717) is 11.7 Å². The van der Waals surface area contributed by atoms with Gasteiger partial charge in [-0.1, -0.05) is 30.9 Å². The molecule has 0 unspecified atom stereocenters. The number of hydrogen-bond donors (Lipinski definition) is 1. The molecule has 1 N–H and O–H groups in total. The first kappa shape index (κ1) is 17.1. The molecule has 122 valence electrons. The summed E-state index contributed by atoms with van der Waals surface area (Å²) in [7, 11) is 0. The second-order valence-corrected chi connectivity index (χ2v) is 6.76. The SMILES string of the molecule is Cc1cc(O[C@@H](C)C(=O)NCC2CCCCC2)cc(C)c1Cl. The van der Waals surface area contributed by atoms with Crippen molar-refractivity contribution in [3.63, 3.8) is 0 Å². The van der Waals surface area contributed by atoms with Crippen molar-refractivity contribution >= 4 is 17.5 Å². The Morgan fingerprint density at radius 3 is 2.45 bits per heavy atom. The van der Waals surface area contributed by atoms with Gasteiger partial charge in [-0.3, -0.25) is 4.79 Å². The van der Waals surface area contributed by atoms with E-state index in [-0.39, 0.29) is 5.91 Å². The van der Waals surface area contributed by atoms with Crippen LogP contribution >= 0.6 is 11.6 Å². The van der Waals surface area contributed by atoms with Gasteiger partial charge < -0.3 is 10.1 Å². The van der Waals surface area contributed by atoms with E-state index in [0.717, 1.165) is 22.7 Å². The van der Waals surface area contributed by atoms with Crippen LogP contribution in [0.5, 0.6) is 5.75 Å². The summed E-state index contributed by atoms with van der Waals surface area (Å²) in [5.74, 6) is 1.28. The van der Waals surface area contributed by atoms with Crippen molar-refractivity contribution in [1.82, 2.24) is 5.32 Å². The lowest BCUT2D eigenvalue weighted by molar-refractivity contribution is -0.127. The number of carbonyl (C=O) groups excluding carboxylic acids is 1. The van der Waals surface area contributed by atoms with E-state index < -0.39 is 6.10 Å². The largest absolute Gasteiger partial charge is 0.481 e. The van der Waals surface area contributed by atoms with Crippen molar-refractivity contribution < 1.29 is 9.53 Å². The minimum atomic E-state index is -0.497. The molecule has 1 atom stereocenters. The third kappa shape index (κ3) is 4.64. The zero-order chi connectivity index (χ0) is 16.1. The summed E-state index contributed by atoms with van der Waals surface area (Å²) in [6.07, 6.45) is 5.87. The molecule has 1 fully saturated rings. The molecule has 1 aromatic rings. The summed E-state index contributed by atoms with van der Waals surface area (Å²) in [5, 5.41) is 3.77.